The SMILES string of the molecule is CCOc1ccc(NC(=O)[C@H](CC)N(c2ccc(F)c(Cl)c2)S(C)(=O)=O)cc1. The van der Waals surface area contributed by atoms with Gasteiger partial charge in [-0.25, -0.2) is 12.8 Å². The van der Waals surface area contributed by atoms with Gasteiger partial charge in [0, 0.05) is 5.69 Å². The summed E-state index contributed by atoms with van der Waals surface area (Å²) in [7, 11) is -3.84. The predicted octanol–water partition coefficient (Wildman–Crippen LogP) is 4.06. The van der Waals surface area contributed by atoms with E-state index in [0.717, 1.165) is 16.6 Å². The molecule has 6 nitrogen and oxygen atoms in total. The van der Waals surface area contributed by atoms with Gasteiger partial charge in [0.05, 0.1) is 23.6 Å². The highest BCUT2D eigenvalue weighted by Gasteiger charge is 2.32. The minimum atomic E-state index is -3.84. The van der Waals surface area contributed by atoms with E-state index in [1.165, 1.54) is 12.1 Å². The van der Waals surface area contributed by atoms with Crippen LogP contribution in [0.5, 0.6) is 5.75 Å². The molecule has 0 aliphatic rings. The normalized spacial score (nSPS) is 12.3. The van der Waals surface area contributed by atoms with Gasteiger partial charge in [-0.1, -0.05) is 18.5 Å². The number of anilines is 2. The Hall–Kier alpha value is -2.32. The molecule has 1 atom stereocenters. The Balaban J connectivity index is 2.32. The van der Waals surface area contributed by atoms with Gasteiger partial charge in [-0.15, -0.1) is 0 Å². The Labute approximate surface area is 169 Å². The maximum atomic E-state index is 13.5. The number of benzene rings is 2. The van der Waals surface area contributed by atoms with E-state index >= 15 is 0 Å². The topological polar surface area (TPSA) is 75.7 Å². The number of amides is 1. The second kappa shape index (κ2) is 9.25. The van der Waals surface area contributed by atoms with Crippen molar-refractivity contribution in [3.63, 3.8) is 0 Å². The third-order valence-electron chi connectivity index (χ3n) is 3.92. The summed E-state index contributed by atoms with van der Waals surface area (Å²) in [6, 6.07) is 9.21. The smallest absolute Gasteiger partial charge is 0.248 e. The molecule has 0 aromatic heterocycles. The van der Waals surface area contributed by atoms with Gasteiger partial charge in [-0.3, -0.25) is 9.10 Å². The van der Waals surface area contributed by atoms with Crippen molar-refractivity contribution in [1.82, 2.24) is 0 Å². The molecule has 0 saturated heterocycles. The number of sulfonamides is 1. The van der Waals surface area contributed by atoms with Crippen LogP contribution in [0.25, 0.3) is 0 Å². The highest BCUT2D eigenvalue weighted by atomic mass is 35.5. The van der Waals surface area contributed by atoms with Gasteiger partial charge in [0.15, 0.2) is 0 Å². The highest BCUT2D eigenvalue weighted by molar-refractivity contribution is 7.92. The molecule has 152 valence electrons. The van der Waals surface area contributed by atoms with Crippen molar-refractivity contribution < 1.29 is 22.3 Å². The molecule has 1 amide bonds. The van der Waals surface area contributed by atoms with Gasteiger partial charge in [-0.2, -0.15) is 0 Å². The molecule has 2 aromatic carbocycles. The molecular weight excluding hydrogens is 407 g/mol. The highest BCUT2D eigenvalue weighted by Crippen LogP contribution is 2.28. The lowest BCUT2D eigenvalue weighted by molar-refractivity contribution is -0.117. The molecule has 9 heteroatoms. The van der Waals surface area contributed by atoms with Crippen molar-refractivity contribution in [2.45, 2.75) is 26.3 Å². The van der Waals surface area contributed by atoms with Crippen LogP contribution in [0.4, 0.5) is 15.8 Å². The average Bonchev–Trinajstić information content (AvgIpc) is 2.63. The van der Waals surface area contributed by atoms with Crippen LogP contribution in [0, 0.1) is 5.82 Å². The van der Waals surface area contributed by atoms with E-state index in [0.29, 0.717) is 18.0 Å². The lowest BCUT2D eigenvalue weighted by Crippen LogP contribution is -2.47. The first-order valence-corrected chi connectivity index (χ1v) is 10.9. The summed E-state index contributed by atoms with van der Waals surface area (Å²) in [6.07, 6.45) is 1.18. The van der Waals surface area contributed by atoms with Crippen LogP contribution in [0.2, 0.25) is 5.02 Å². The van der Waals surface area contributed by atoms with Gasteiger partial charge < -0.3 is 10.1 Å². The van der Waals surface area contributed by atoms with Crippen LogP contribution >= 0.6 is 11.6 Å². The van der Waals surface area contributed by atoms with E-state index < -0.39 is 27.8 Å². The summed E-state index contributed by atoms with van der Waals surface area (Å²) < 4.78 is 44.6. The monoisotopic (exact) mass is 428 g/mol. The van der Waals surface area contributed by atoms with Gasteiger partial charge in [0.25, 0.3) is 0 Å². The molecule has 0 aliphatic heterocycles. The molecule has 2 aromatic rings. The van der Waals surface area contributed by atoms with E-state index in [1.807, 2.05) is 6.92 Å². The number of hydrogen-bond acceptors (Lipinski definition) is 4. The lowest BCUT2D eigenvalue weighted by Gasteiger charge is -2.30. The number of nitrogens with one attached hydrogen (secondary N) is 1. The van der Waals surface area contributed by atoms with Crippen molar-refractivity contribution in [2.75, 3.05) is 22.5 Å². The van der Waals surface area contributed by atoms with E-state index in [4.69, 9.17) is 16.3 Å². The van der Waals surface area contributed by atoms with Gasteiger partial charge >= 0.3 is 0 Å². The molecule has 2 rings (SSSR count). The number of ether oxygens (including phenoxy) is 1. The van der Waals surface area contributed by atoms with Crippen LogP contribution in [0.15, 0.2) is 42.5 Å². The maximum Gasteiger partial charge on any atom is 0.248 e. The van der Waals surface area contributed by atoms with Gasteiger partial charge in [0.1, 0.15) is 17.6 Å². The number of nitrogens with zero attached hydrogens (tertiary/aromatic N) is 1. The molecule has 0 aliphatic carbocycles. The maximum absolute atomic E-state index is 13.5. The number of carbonyl (C=O) groups excluding carboxylic acids is 1. The zero-order chi connectivity index (χ0) is 20.9. The molecule has 0 saturated carbocycles. The number of hydrogen-bond donors (Lipinski definition) is 1. The molecule has 0 unspecified atom stereocenters. The van der Waals surface area contributed by atoms with E-state index in [-0.39, 0.29) is 17.1 Å². The summed E-state index contributed by atoms with van der Waals surface area (Å²) in [5.41, 5.74) is 0.611. The quantitative estimate of drug-likeness (QED) is 0.687. The molecule has 0 spiro atoms. The second-order valence-electron chi connectivity index (χ2n) is 6.03. The summed E-state index contributed by atoms with van der Waals surface area (Å²) >= 11 is 5.80. The fourth-order valence-electron chi connectivity index (χ4n) is 2.71. The fraction of sp³-hybridized carbons (Fsp3) is 0.316. The predicted molar refractivity (Wildman–Crippen MR) is 109 cm³/mol. The number of carbonyl (C=O) groups is 1. The Kier molecular flexibility index (Phi) is 7.26. The van der Waals surface area contributed by atoms with Crippen LogP contribution < -0.4 is 14.4 Å². The number of halogens is 2. The van der Waals surface area contributed by atoms with Crippen LogP contribution in [0.1, 0.15) is 20.3 Å². The summed E-state index contributed by atoms with van der Waals surface area (Å²) in [5, 5.41) is 2.47. The van der Waals surface area contributed by atoms with E-state index in [2.05, 4.69) is 5.32 Å². The first-order valence-electron chi connectivity index (χ1n) is 8.65. The van der Waals surface area contributed by atoms with Crippen molar-refractivity contribution in [1.29, 1.82) is 0 Å². The van der Waals surface area contributed by atoms with Gasteiger partial charge in [-0.05, 0) is 55.8 Å². The number of rotatable bonds is 8. The van der Waals surface area contributed by atoms with Crippen LogP contribution in [-0.2, 0) is 14.8 Å². The van der Waals surface area contributed by atoms with Crippen molar-refractivity contribution >= 4 is 38.9 Å². The van der Waals surface area contributed by atoms with Gasteiger partial charge in [0.2, 0.25) is 15.9 Å². The second-order valence-corrected chi connectivity index (χ2v) is 8.29. The Morgan fingerprint density at radius 2 is 1.86 bits per heavy atom. The summed E-state index contributed by atoms with van der Waals surface area (Å²) in [5.74, 6) is -0.533. The zero-order valence-corrected chi connectivity index (χ0v) is 17.3. The largest absolute Gasteiger partial charge is 0.494 e. The first-order chi connectivity index (χ1) is 13.2. The molecular formula is C19H22ClFN2O4S. The molecule has 0 radical (unpaired) electrons. The Bertz CT molecular complexity index is 935. The molecule has 0 bridgehead atoms. The lowest BCUT2D eigenvalue weighted by atomic mass is 10.1. The van der Waals surface area contributed by atoms with Crippen LogP contribution in [0.3, 0.4) is 0 Å². The average molecular weight is 429 g/mol. The van der Waals surface area contributed by atoms with Crippen molar-refractivity contribution in [2.24, 2.45) is 0 Å². The molecule has 28 heavy (non-hydrogen) atoms. The standard InChI is InChI=1S/C19H22ClFN2O4S/c1-4-18(19(24)22-13-6-9-15(10-7-13)27-5-2)23(28(3,25)26)14-8-11-17(21)16(20)12-14/h6-12,18H,4-5H2,1-3H3,(H,22,24)/t18-/m0/s1. The zero-order valence-electron chi connectivity index (χ0n) is 15.8. The van der Waals surface area contributed by atoms with E-state index in [9.17, 15) is 17.6 Å². The van der Waals surface area contributed by atoms with Crippen LogP contribution in [-0.4, -0.2) is 33.2 Å². The minimum absolute atomic E-state index is 0.114. The Morgan fingerprint density at radius 1 is 1.21 bits per heavy atom. The van der Waals surface area contributed by atoms with Crippen molar-refractivity contribution in [3.05, 3.63) is 53.3 Å². The molecule has 0 fully saturated rings. The third-order valence-corrected chi connectivity index (χ3v) is 5.39. The van der Waals surface area contributed by atoms with Crippen molar-refractivity contribution in [3.8, 4) is 5.75 Å². The summed E-state index contributed by atoms with van der Waals surface area (Å²) in [6.45, 7) is 4.07. The fourth-order valence-corrected chi connectivity index (χ4v) is 4.09. The minimum Gasteiger partial charge on any atom is -0.494 e. The third kappa shape index (κ3) is 5.36. The molecule has 1 N–H and O–H groups in total. The first kappa shape index (κ1) is 22.0. The summed E-state index contributed by atoms with van der Waals surface area (Å²) in [4.78, 5) is 12.8. The Morgan fingerprint density at radius 3 is 2.36 bits per heavy atom. The van der Waals surface area contributed by atoms with E-state index in [1.54, 1.807) is 31.2 Å². The molecule has 0 heterocycles.